The van der Waals surface area contributed by atoms with E-state index in [4.69, 9.17) is 5.73 Å². The van der Waals surface area contributed by atoms with Crippen molar-refractivity contribution < 1.29 is 0 Å². The Kier molecular flexibility index (Phi) is 3.43. The van der Waals surface area contributed by atoms with Crippen LogP contribution >= 0.6 is 0 Å². The molecule has 0 saturated carbocycles. The third kappa shape index (κ3) is 3.10. The van der Waals surface area contributed by atoms with Gasteiger partial charge in [-0.15, -0.1) is 0 Å². The number of amidine groups is 1. The van der Waals surface area contributed by atoms with Crippen LogP contribution in [-0.2, 0) is 0 Å². The van der Waals surface area contributed by atoms with Crippen LogP contribution in [0.15, 0.2) is 47.1 Å². The fraction of sp³-hybridized carbons (Fsp3) is 0.154. The average Bonchev–Trinajstić information content (AvgIpc) is 2.37. The fourth-order valence-corrected chi connectivity index (χ4v) is 1.45. The second kappa shape index (κ2) is 5.19. The van der Waals surface area contributed by atoms with E-state index in [0.717, 1.165) is 17.1 Å². The van der Waals surface area contributed by atoms with Gasteiger partial charge in [-0.25, -0.2) is 0 Å². The summed E-state index contributed by atoms with van der Waals surface area (Å²) in [5.74, 6) is 6.82. The zero-order valence-electron chi connectivity index (χ0n) is 9.57. The summed E-state index contributed by atoms with van der Waals surface area (Å²) >= 11 is 0. The Labute approximate surface area is 101 Å². The Balaban J connectivity index is 2.19. The van der Waals surface area contributed by atoms with Crippen molar-refractivity contribution in [1.29, 1.82) is 0 Å². The van der Waals surface area contributed by atoms with E-state index in [1.807, 2.05) is 36.4 Å². The molecule has 4 heteroatoms. The minimum absolute atomic E-state index is 0.348. The van der Waals surface area contributed by atoms with Gasteiger partial charge in [0.1, 0.15) is 5.84 Å². The molecule has 0 bridgehead atoms. The maximum absolute atomic E-state index is 5.75. The topological polar surface area (TPSA) is 62.4 Å². The molecule has 1 unspecified atom stereocenters. The molecule has 4 nitrogen and oxygen atoms in total. The highest BCUT2D eigenvalue weighted by Gasteiger charge is 2.10. The summed E-state index contributed by atoms with van der Waals surface area (Å²) in [6, 6.07) is 9.80. The minimum atomic E-state index is -0.348. The molecule has 1 aromatic rings. The molecule has 1 atom stereocenters. The van der Waals surface area contributed by atoms with Crippen LogP contribution in [0.2, 0.25) is 0 Å². The van der Waals surface area contributed by atoms with Gasteiger partial charge in [0.2, 0.25) is 0 Å². The Morgan fingerprint density at radius 2 is 1.94 bits per heavy atom. The van der Waals surface area contributed by atoms with Crippen molar-refractivity contribution in [3.8, 4) is 11.8 Å². The van der Waals surface area contributed by atoms with Gasteiger partial charge in [0.15, 0.2) is 6.29 Å². The van der Waals surface area contributed by atoms with Crippen molar-refractivity contribution in [2.45, 2.75) is 6.29 Å². The SMILES string of the molecule is CN=C1C=C(C#Cc2ccccc2)NC(N)N1. The standard InChI is InChI=1S/C13H14N4/c1-15-12-9-11(16-13(14)17-12)8-7-10-5-3-2-4-6-10/h2-6,9,13,16H,14H2,1H3,(H,15,17). The number of nitrogens with two attached hydrogens (primary N) is 1. The van der Waals surface area contributed by atoms with E-state index in [1.54, 1.807) is 7.05 Å². The Hall–Kier alpha value is -2.25. The van der Waals surface area contributed by atoms with Crippen LogP contribution in [0.25, 0.3) is 0 Å². The number of benzene rings is 1. The minimum Gasteiger partial charge on any atom is -0.346 e. The normalized spacial score (nSPS) is 20.7. The van der Waals surface area contributed by atoms with E-state index in [9.17, 15) is 0 Å². The fourth-order valence-electron chi connectivity index (χ4n) is 1.45. The van der Waals surface area contributed by atoms with Gasteiger partial charge >= 0.3 is 0 Å². The first-order valence-electron chi connectivity index (χ1n) is 5.32. The van der Waals surface area contributed by atoms with Gasteiger partial charge in [-0.2, -0.15) is 0 Å². The van der Waals surface area contributed by atoms with Crippen LogP contribution in [-0.4, -0.2) is 19.2 Å². The molecule has 1 aromatic carbocycles. The zero-order valence-corrected chi connectivity index (χ0v) is 9.57. The van der Waals surface area contributed by atoms with Gasteiger partial charge in [-0.05, 0) is 18.1 Å². The quantitative estimate of drug-likeness (QED) is 0.561. The third-order valence-corrected chi connectivity index (χ3v) is 2.25. The number of hydrogen-bond donors (Lipinski definition) is 3. The molecular weight excluding hydrogens is 212 g/mol. The summed E-state index contributed by atoms with van der Waals surface area (Å²) in [5, 5.41) is 5.99. The molecule has 0 spiro atoms. The number of hydrogen-bond acceptors (Lipinski definition) is 3. The molecule has 86 valence electrons. The second-order valence-corrected chi connectivity index (χ2v) is 3.55. The highest BCUT2D eigenvalue weighted by Crippen LogP contribution is 1.98. The van der Waals surface area contributed by atoms with Crippen LogP contribution in [0.4, 0.5) is 0 Å². The van der Waals surface area contributed by atoms with Crippen LogP contribution < -0.4 is 16.4 Å². The predicted molar refractivity (Wildman–Crippen MR) is 69.0 cm³/mol. The van der Waals surface area contributed by atoms with Gasteiger partial charge in [0.05, 0.1) is 5.70 Å². The lowest BCUT2D eigenvalue weighted by Crippen LogP contribution is -2.53. The van der Waals surface area contributed by atoms with E-state index in [-0.39, 0.29) is 6.29 Å². The van der Waals surface area contributed by atoms with Crippen molar-refractivity contribution in [2.24, 2.45) is 10.7 Å². The van der Waals surface area contributed by atoms with Gasteiger partial charge in [0, 0.05) is 18.7 Å². The number of aliphatic imine (C=N–C) groups is 1. The molecule has 1 aliphatic heterocycles. The maximum Gasteiger partial charge on any atom is 0.152 e. The van der Waals surface area contributed by atoms with Crippen molar-refractivity contribution in [2.75, 3.05) is 7.05 Å². The smallest absolute Gasteiger partial charge is 0.152 e. The van der Waals surface area contributed by atoms with E-state index >= 15 is 0 Å². The van der Waals surface area contributed by atoms with Gasteiger partial charge in [0.25, 0.3) is 0 Å². The van der Waals surface area contributed by atoms with Gasteiger partial charge in [-0.1, -0.05) is 24.1 Å². The molecule has 0 amide bonds. The summed E-state index contributed by atoms with van der Waals surface area (Å²) in [7, 11) is 1.71. The maximum atomic E-state index is 5.75. The number of rotatable bonds is 0. The highest BCUT2D eigenvalue weighted by atomic mass is 15.3. The molecule has 17 heavy (non-hydrogen) atoms. The molecule has 0 aliphatic carbocycles. The Morgan fingerprint density at radius 3 is 2.65 bits per heavy atom. The number of nitrogens with zero attached hydrogens (tertiary/aromatic N) is 1. The lowest BCUT2D eigenvalue weighted by molar-refractivity contribution is 0.554. The molecule has 0 aromatic heterocycles. The van der Waals surface area contributed by atoms with E-state index < -0.39 is 0 Å². The molecule has 0 saturated heterocycles. The first-order valence-corrected chi connectivity index (χ1v) is 5.32. The monoisotopic (exact) mass is 226 g/mol. The summed E-state index contributed by atoms with van der Waals surface area (Å²) in [6.45, 7) is 0. The largest absolute Gasteiger partial charge is 0.346 e. The Morgan fingerprint density at radius 1 is 1.18 bits per heavy atom. The highest BCUT2D eigenvalue weighted by molar-refractivity contribution is 5.95. The predicted octanol–water partition coefficient (Wildman–Crippen LogP) is 0.385. The third-order valence-electron chi connectivity index (χ3n) is 2.25. The summed E-state index contributed by atoms with van der Waals surface area (Å²) in [6.07, 6.45) is 1.48. The van der Waals surface area contributed by atoms with Crippen LogP contribution in [0.1, 0.15) is 5.56 Å². The molecular formula is C13H14N4. The van der Waals surface area contributed by atoms with Crippen molar-refractivity contribution >= 4 is 5.84 Å². The van der Waals surface area contributed by atoms with Crippen molar-refractivity contribution in [3.05, 3.63) is 47.7 Å². The first kappa shape index (κ1) is 11.2. The lowest BCUT2D eigenvalue weighted by Gasteiger charge is -2.22. The zero-order chi connectivity index (χ0) is 12.1. The van der Waals surface area contributed by atoms with E-state index in [0.29, 0.717) is 0 Å². The average molecular weight is 226 g/mol. The van der Waals surface area contributed by atoms with E-state index in [1.165, 1.54) is 0 Å². The van der Waals surface area contributed by atoms with E-state index in [2.05, 4.69) is 27.5 Å². The summed E-state index contributed by atoms with van der Waals surface area (Å²) in [4.78, 5) is 4.04. The molecule has 1 heterocycles. The van der Waals surface area contributed by atoms with Crippen LogP contribution in [0.3, 0.4) is 0 Å². The number of allylic oxidation sites excluding steroid dienone is 1. The molecule has 0 fully saturated rings. The summed E-state index contributed by atoms with van der Waals surface area (Å²) < 4.78 is 0. The number of nitrogens with one attached hydrogen (secondary N) is 2. The van der Waals surface area contributed by atoms with Crippen LogP contribution in [0.5, 0.6) is 0 Å². The molecule has 0 radical (unpaired) electrons. The van der Waals surface area contributed by atoms with Crippen molar-refractivity contribution in [1.82, 2.24) is 10.6 Å². The molecule has 2 rings (SSSR count). The Bertz CT molecular complexity index is 505. The van der Waals surface area contributed by atoms with Gasteiger partial charge < -0.3 is 10.6 Å². The molecule has 1 aliphatic rings. The first-order chi connectivity index (χ1) is 8.28. The second-order valence-electron chi connectivity index (χ2n) is 3.55. The van der Waals surface area contributed by atoms with Gasteiger partial charge in [-0.3, -0.25) is 10.7 Å². The summed E-state index contributed by atoms with van der Waals surface area (Å²) in [5.41, 5.74) is 7.48. The van der Waals surface area contributed by atoms with Crippen LogP contribution in [0, 0.1) is 11.8 Å². The molecule has 4 N–H and O–H groups in total. The van der Waals surface area contributed by atoms with Crippen molar-refractivity contribution in [3.63, 3.8) is 0 Å². The lowest BCUT2D eigenvalue weighted by atomic mass is 10.2.